The van der Waals surface area contributed by atoms with Crippen molar-refractivity contribution in [3.8, 4) is 0 Å². The minimum absolute atomic E-state index is 0.0321. The minimum Gasteiger partial charge on any atom is -0.481 e. The summed E-state index contributed by atoms with van der Waals surface area (Å²) in [7, 11) is 0. The molecule has 0 fully saturated rings. The number of allylic oxidation sites excluding steroid dienone is 1. The molecule has 1 amide bonds. The van der Waals surface area contributed by atoms with Gasteiger partial charge in [0.05, 0.1) is 0 Å². The maximum atomic E-state index is 12.5. The van der Waals surface area contributed by atoms with Crippen LogP contribution in [0, 0.1) is 20.8 Å². The van der Waals surface area contributed by atoms with Gasteiger partial charge in [-0.05, 0) is 75.4 Å². The first-order valence-electron chi connectivity index (χ1n) is 10.1. The highest BCUT2D eigenvalue weighted by atomic mass is 32.2. The maximum Gasteiger partial charge on any atom is 0.303 e. The van der Waals surface area contributed by atoms with E-state index in [1.54, 1.807) is 11.8 Å². The number of H-pyrrole nitrogens is 1. The molecule has 0 spiro atoms. The summed E-state index contributed by atoms with van der Waals surface area (Å²) in [6.45, 7) is 7.99. The molecule has 0 saturated carbocycles. The van der Waals surface area contributed by atoms with Crippen LogP contribution in [0.2, 0.25) is 0 Å². The topological polar surface area (TPSA) is 82.2 Å². The number of aromatic amines is 1. The van der Waals surface area contributed by atoms with Gasteiger partial charge in [0.15, 0.2) is 0 Å². The molecular weight excluding hydrogens is 396 g/mol. The molecule has 6 heteroatoms. The van der Waals surface area contributed by atoms with Gasteiger partial charge in [-0.15, -0.1) is 11.8 Å². The first-order chi connectivity index (χ1) is 14.3. The molecule has 2 heterocycles. The van der Waals surface area contributed by atoms with Crippen LogP contribution in [0.5, 0.6) is 0 Å². The molecule has 0 unspecified atom stereocenters. The highest BCUT2D eigenvalue weighted by Gasteiger charge is 2.24. The number of aliphatic carboxylic acids is 1. The van der Waals surface area contributed by atoms with Crippen LogP contribution in [0.3, 0.4) is 0 Å². The van der Waals surface area contributed by atoms with E-state index in [2.05, 4.69) is 41.5 Å². The first kappa shape index (κ1) is 22.0. The first-order valence-corrected chi connectivity index (χ1v) is 11.1. The number of aromatic nitrogens is 1. The van der Waals surface area contributed by atoms with Gasteiger partial charge < -0.3 is 15.4 Å². The van der Waals surface area contributed by atoms with Gasteiger partial charge >= 0.3 is 5.97 Å². The van der Waals surface area contributed by atoms with Gasteiger partial charge in [0, 0.05) is 39.7 Å². The van der Waals surface area contributed by atoms with Crippen molar-refractivity contribution in [1.29, 1.82) is 0 Å². The molecule has 2 aromatic rings. The predicted molar refractivity (Wildman–Crippen MR) is 122 cm³/mol. The average Bonchev–Trinajstić information content (AvgIpc) is 3.11. The summed E-state index contributed by atoms with van der Waals surface area (Å²) in [6, 6.07) is 8.42. The van der Waals surface area contributed by atoms with Gasteiger partial charge in [0.1, 0.15) is 0 Å². The Labute approximate surface area is 181 Å². The fourth-order valence-corrected chi connectivity index (χ4v) is 4.56. The van der Waals surface area contributed by atoms with Gasteiger partial charge in [0.25, 0.3) is 5.91 Å². The number of rotatable bonds is 8. The maximum absolute atomic E-state index is 12.5. The monoisotopic (exact) mass is 424 g/mol. The van der Waals surface area contributed by atoms with Crippen molar-refractivity contribution in [3.63, 3.8) is 0 Å². The summed E-state index contributed by atoms with van der Waals surface area (Å²) in [5.74, 6) is 0.0105. The SMILES string of the molecule is CC1=C(CCSc2ccc(C)cc2)C(=O)N/C1=C\c1[nH]c(C)c(CCC(=O)O)c1C. The molecule has 30 heavy (non-hydrogen) atoms. The van der Waals surface area contributed by atoms with E-state index >= 15 is 0 Å². The second-order valence-corrected chi connectivity index (χ2v) is 8.86. The van der Waals surface area contributed by atoms with Crippen LogP contribution in [-0.2, 0) is 16.0 Å². The summed E-state index contributed by atoms with van der Waals surface area (Å²) in [5.41, 5.74) is 7.81. The van der Waals surface area contributed by atoms with Crippen LogP contribution in [-0.4, -0.2) is 27.7 Å². The van der Waals surface area contributed by atoms with Crippen molar-refractivity contribution in [1.82, 2.24) is 10.3 Å². The number of carboxylic acids is 1. The molecule has 3 N–H and O–H groups in total. The smallest absolute Gasteiger partial charge is 0.303 e. The van der Waals surface area contributed by atoms with E-state index in [-0.39, 0.29) is 12.3 Å². The largest absolute Gasteiger partial charge is 0.481 e. The Morgan fingerprint density at radius 2 is 1.80 bits per heavy atom. The van der Waals surface area contributed by atoms with Crippen LogP contribution in [0.25, 0.3) is 6.08 Å². The molecule has 0 radical (unpaired) electrons. The highest BCUT2D eigenvalue weighted by Crippen LogP contribution is 2.29. The molecule has 1 aromatic carbocycles. The Morgan fingerprint density at radius 3 is 2.47 bits per heavy atom. The Hall–Kier alpha value is -2.73. The lowest BCUT2D eigenvalue weighted by Gasteiger charge is -2.03. The number of carboxylic acid groups (broad SMARTS) is 1. The lowest BCUT2D eigenvalue weighted by Crippen LogP contribution is -2.16. The van der Waals surface area contributed by atoms with Gasteiger partial charge in [-0.2, -0.15) is 0 Å². The molecule has 158 valence electrons. The van der Waals surface area contributed by atoms with Crippen LogP contribution in [0.4, 0.5) is 0 Å². The zero-order valence-electron chi connectivity index (χ0n) is 17.9. The van der Waals surface area contributed by atoms with E-state index < -0.39 is 5.97 Å². The number of carbonyl (C=O) groups is 2. The molecule has 1 aromatic heterocycles. The third-order valence-electron chi connectivity index (χ3n) is 5.53. The zero-order chi connectivity index (χ0) is 21.8. The summed E-state index contributed by atoms with van der Waals surface area (Å²) in [5, 5.41) is 12.0. The van der Waals surface area contributed by atoms with E-state index in [9.17, 15) is 9.59 Å². The molecule has 3 rings (SSSR count). The Kier molecular flexibility index (Phi) is 6.87. The van der Waals surface area contributed by atoms with Crippen molar-refractivity contribution < 1.29 is 14.7 Å². The molecule has 0 aliphatic carbocycles. The van der Waals surface area contributed by atoms with Crippen LogP contribution in [0.15, 0.2) is 46.0 Å². The number of hydrogen-bond donors (Lipinski definition) is 3. The summed E-state index contributed by atoms with van der Waals surface area (Å²) in [4.78, 5) is 28.0. The molecule has 1 aliphatic rings. The van der Waals surface area contributed by atoms with E-state index in [0.29, 0.717) is 12.8 Å². The van der Waals surface area contributed by atoms with Crippen LogP contribution in [0.1, 0.15) is 47.8 Å². The number of benzene rings is 1. The van der Waals surface area contributed by atoms with E-state index in [1.807, 2.05) is 26.8 Å². The number of thioether (sulfide) groups is 1. The number of nitrogens with one attached hydrogen (secondary N) is 2. The number of carbonyl (C=O) groups excluding carboxylic acids is 1. The van der Waals surface area contributed by atoms with E-state index in [4.69, 9.17) is 5.11 Å². The summed E-state index contributed by atoms with van der Waals surface area (Å²) >= 11 is 1.75. The van der Waals surface area contributed by atoms with Crippen LogP contribution >= 0.6 is 11.8 Å². The highest BCUT2D eigenvalue weighted by molar-refractivity contribution is 7.99. The lowest BCUT2D eigenvalue weighted by atomic mass is 10.0. The zero-order valence-corrected chi connectivity index (χ0v) is 18.7. The normalized spacial score (nSPS) is 15.2. The molecule has 1 aliphatic heterocycles. The van der Waals surface area contributed by atoms with Crippen molar-refractivity contribution >= 4 is 29.7 Å². The molecule has 0 atom stereocenters. The van der Waals surface area contributed by atoms with Gasteiger partial charge in [-0.1, -0.05) is 17.7 Å². The van der Waals surface area contributed by atoms with Crippen molar-refractivity contribution in [2.45, 2.75) is 51.9 Å². The third-order valence-corrected chi connectivity index (χ3v) is 6.54. The number of aryl methyl sites for hydroxylation is 2. The fourth-order valence-electron chi connectivity index (χ4n) is 3.69. The van der Waals surface area contributed by atoms with E-state index in [0.717, 1.165) is 45.1 Å². The summed E-state index contributed by atoms with van der Waals surface area (Å²) < 4.78 is 0. The standard InChI is InChI=1S/C24H28N2O3S/c1-14-5-7-18(8-6-14)30-12-11-20-16(3)22(26-24(20)29)13-21-15(2)19(17(4)25-21)9-10-23(27)28/h5-8,13,25H,9-12H2,1-4H3,(H,26,29)(H,27,28)/b22-13-. The molecule has 5 nitrogen and oxygen atoms in total. The molecular formula is C24H28N2O3S. The quantitative estimate of drug-likeness (QED) is 0.525. The minimum atomic E-state index is -0.801. The van der Waals surface area contributed by atoms with Crippen molar-refractivity contribution in [2.75, 3.05) is 5.75 Å². The van der Waals surface area contributed by atoms with E-state index in [1.165, 1.54) is 10.5 Å². The predicted octanol–water partition coefficient (Wildman–Crippen LogP) is 4.93. The molecule has 0 saturated heterocycles. The Balaban J connectivity index is 1.72. The number of amides is 1. The summed E-state index contributed by atoms with van der Waals surface area (Å²) in [6.07, 6.45) is 3.27. The fraction of sp³-hybridized carbons (Fsp3) is 0.333. The third kappa shape index (κ3) is 5.05. The van der Waals surface area contributed by atoms with Gasteiger partial charge in [-0.25, -0.2) is 0 Å². The lowest BCUT2D eigenvalue weighted by molar-refractivity contribution is -0.137. The van der Waals surface area contributed by atoms with Gasteiger partial charge in [-0.3, -0.25) is 9.59 Å². The molecule has 0 bridgehead atoms. The second kappa shape index (κ2) is 9.39. The van der Waals surface area contributed by atoms with Crippen molar-refractivity contribution in [2.24, 2.45) is 0 Å². The van der Waals surface area contributed by atoms with Crippen LogP contribution < -0.4 is 5.32 Å². The average molecular weight is 425 g/mol. The Bertz CT molecular complexity index is 1030. The van der Waals surface area contributed by atoms with Crippen molar-refractivity contribution in [3.05, 3.63) is 69.2 Å². The number of hydrogen-bond acceptors (Lipinski definition) is 3. The van der Waals surface area contributed by atoms with Gasteiger partial charge in [0.2, 0.25) is 0 Å². The second-order valence-electron chi connectivity index (χ2n) is 7.69. The Morgan fingerprint density at radius 1 is 1.10 bits per heavy atom.